The smallest absolute Gasteiger partial charge is 0.255 e. The molecular formula is C28H27ClFN3O3. The molecule has 0 bridgehead atoms. The molecule has 2 atom stereocenters. The summed E-state index contributed by atoms with van der Waals surface area (Å²) in [5.41, 5.74) is 2.39. The molecule has 3 aromatic rings. The van der Waals surface area contributed by atoms with Gasteiger partial charge >= 0.3 is 0 Å². The summed E-state index contributed by atoms with van der Waals surface area (Å²) in [6, 6.07) is 19.9. The molecule has 6 nitrogen and oxygen atoms in total. The van der Waals surface area contributed by atoms with E-state index >= 15 is 0 Å². The van der Waals surface area contributed by atoms with Crippen LogP contribution in [0, 0.1) is 5.82 Å². The van der Waals surface area contributed by atoms with Gasteiger partial charge < -0.3 is 15.0 Å². The molecule has 1 saturated heterocycles. The van der Waals surface area contributed by atoms with Crippen LogP contribution < -0.4 is 10.1 Å². The molecule has 1 aliphatic rings. The maximum atomic E-state index is 13.3. The zero-order valence-electron chi connectivity index (χ0n) is 20.1. The monoisotopic (exact) mass is 507 g/mol. The number of carbonyl (C=O) groups excluding carboxylic acids is 2. The molecule has 8 heteroatoms. The van der Waals surface area contributed by atoms with Crippen LogP contribution in [0.3, 0.4) is 0 Å². The van der Waals surface area contributed by atoms with Gasteiger partial charge in [-0.15, -0.1) is 0 Å². The number of rotatable bonds is 7. The lowest BCUT2D eigenvalue weighted by atomic mass is 10.0. The minimum absolute atomic E-state index is 0.00576. The molecule has 0 aliphatic carbocycles. The van der Waals surface area contributed by atoms with E-state index in [4.69, 9.17) is 16.3 Å². The highest BCUT2D eigenvalue weighted by molar-refractivity contribution is 6.31. The van der Waals surface area contributed by atoms with Crippen molar-refractivity contribution in [1.29, 1.82) is 0 Å². The van der Waals surface area contributed by atoms with E-state index in [9.17, 15) is 14.0 Å². The predicted molar refractivity (Wildman–Crippen MR) is 138 cm³/mol. The Labute approximate surface area is 214 Å². The van der Waals surface area contributed by atoms with Crippen molar-refractivity contribution >= 4 is 29.1 Å². The molecule has 0 spiro atoms. The molecule has 0 radical (unpaired) electrons. The number of nitrogens with one attached hydrogen (secondary N) is 1. The molecule has 36 heavy (non-hydrogen) atoms. The van der Waals surface area contributed by atoms with Crippen molar-refractivity contribution < 1.29 is 18.7 Å². The van der Waals surface area contributed by atoms with Gasteiger partial charge in [0.2, 0.25) is 0 Å². The van der Waals surface area contributed by atoms with E-state index in [0.29, 0.717) is 40.8 Å². The fraction of sp³-hybridized carbons (Fsp3) is 0.250. The summed E-state index contributed by atoms with van der Waals surface area (Å²) in [6.45, 7) is 5.25. The summed E-state index contributed by atoms with van der Waals surface area (Å²) < 4.78 is 19.4. The minimum atomic E-state index is -0.296. The first-order chi connectivity index (χ1) is 17.4. The average Bonchev–Trinajstić information content (AvgIpc) is 2.88. The van der Waals surface area contributed by atoms with Gasteiger partial charge in [0.1, 0.15) is 29.9 Å². The van der Waals surface area contributed by atoms with E-state index in [-0.39, 0.29) is 30.5 Å². The van der Waals surface area contributed by atoms with Crippen molar-refractivity contribution in [2.45, 2.75) is 32.5 Å². The quantitative estimate of drug-likeness (QED) is 0.435. The van der Waals surface area contributed by atoms with Crippen molar-refractivity contribution in [2.24, 2.45) is 0 Å². The average molecular weight is 508 g/mol. The zero-order valence-corrected chi connectivity index (χ0v) is 20.8. The first-order valence-corrected chi connectivity index (χ1v) is 12.0. The maximum Gasteiger partial charge on any atom is 0.255 e. The maximum absolute atomic E-state index is 13.3. The molecule has 0 saturated carbocycles. The predicted octanol–water partition coefficient (Wildman–Crippen LogP) is 5.38. The third-order valence-corrected chi connectivity index (χ3v) is 6.50. The van der Waals surface area contributed by atoms with Crippen LogP contribution in [0.4, 0.5) is 10.1 Å². The van der Waals surface area contributed by atoms with E-state index in [0.717, 1.165) is 5.56 Å². The molecule has 1 heterocycles. The van der Waals surface area contributed by atoms with E-state index < -0.39 is 0 Å². The number of amides is 1. The van der Waals surface area contributed by atoms with Gasteiger partial charge in [-0.05, 0) is 61.9 Å². The molecular weight excluding hydrogens is 481 g/mol. The molecule has 3 aromatic carbocycles. The highest BCUT2D eigenvalue weighted by atomic mass is 35.5. The lowest BCUT2D eigenvalue weighted by Crippen LogP contribution is -2.55. The summed E-state index contributed by atoms with van der Waals surface area (Å²) >= 11 is 6.18. The molecule has 1 N–H and O–H groups in total. The van der Waals surface area contributed by atoms with Crippen LogP contribution in [0.15, 0.2) is 78.5 Å². The number of piperazine rings is 1. The highest BCUT2D eigenvalue weighted by Crippen LogP contribution is 2.30. The van der Waals surface area contributed by atoms with Gasteiger partial charge in [-0.3, -0.25) is 9.69 Å². The number of hydrogen-bond acceptors (Lipinski definition) is 5. The van der Waals surface area contributed by atoms with Gasteiger partial charge in [0, 0.05) is 29.7 Å². The fourth-order valence-electron chi connectivity index (χ4n) is 4.24. The molecule has 1 aliphatic heterocycles. The Morgan fingerprint density at radius 3 is 2.53 bits per heavy atom. The topological polar surface area (TPSA) is 61.9 Å². The normalized spacial score (nSPS) is 18.0. The number of carbonyl (C=O) groups is 1. The van der Waals surface area contributed by atoms with Crippen LogP contribution in [0.2, 0.25) is 5.02 Å². The Balaban J connectivity index is 1.45. The molecule has 1 fully saturated rings. The summed E-state index contributed by atoms with van der Waals surface area (Å²) in [5, 5.41) is 3.33. The van der Waals surface area contributed by atoms with E-state index in [1.54, 1.807) is 54.6 Å². The molecule has 4 rings (SSSR count). The van der Waals surface area contributed by atoms with Gasteiger partial charge in [0.25, 0.3) is 5.91 Å². The summed E-state index contributed by atoms with van der Waals surface area (Å²) in [4.78, 5) is 28.6. The second-order valence-corrected chi connectivity index (χ2v) is 9.21. The van der Waals surface area contributed by atoms with Crippen molar-refractivity contribution in [3.05, 3.63) is 100 Å². The molecule has 1 amide bonds. The van der Waals surface area contributed by atoms with Gasteiger partial charge in [-0.1, -0.05) is 41.9 Å². The van der Waals surface area contributed by atoms with Crippen molar-refractivity contribution in [3.8, 4) is 5.75 Å². The zero-order chi connectivity index (χ0) is 25.7. The number of anilines is 1. The van der Waals surface area contributed by atoms with Crippen LogP contribution in [-0.4, -0.2) is 47.0 Å². The third kappa shape index (κ3) is 5.94. The highest BCUT2D eigenvalue weighted by Gasteiger charge is 2.34. The number of benzene rings is 3. The van der Waals surface area contributed by atoms with Gasteiger partial charge in [0.15, 0.2) is 0 Å². The second kappa shape index (κ2) is 11.4. The second-order valence-electron chi connectivity index (χ2n) is 8.77. The Bertz CT molecular complexity index is 1260. The standard InChI is InChI=1S/C28H27ClFN3O3/c1-19-15-32(20(2)26(17-34)33(19)16-21-8-11-24(30)12-9-21)18-36-27-13-10-23(29)14-25(27)31-28(35)22-6-4-3-5-7-22/h3-14,19-20H,15-16,18H2,1-2H3,(H,31,35)/t19-,20+/m1/s1. The van der Waals surface area contributed by atoms with Gasteiger partial charge in [-0.2, -0.15) is 0 Å². The van der Waals surface area contributed by atoms with E-state index in [2.05, 4.69) is 11.3 Å². The number of hydrogen-bond donors (Lipinski definition) is 1. The van der Waals surface area contributed by atoms with Crippen LogP contribution >= 0.6 is 11.6 Å². The lowest BCUT2D eigenvalue weighted by Gasteiger charge is -2.45. The Kier molecular flexibility index (Phi) is 8.06. The minimum Gasteiger partial charge on any atom is -0.476 e. The Morgan fingerprint density at radius 1 is 1.11 bits per heavy atom. The number of nitrogens with zero attached hydrogens (tertiary/aromatic N) is 2. The summed E-state index contributed by atoms with van der Waals surface area (Å²) in [6.07, 6.45) is 0. The van der Waals surface area contributed by atoms with Crippen molar-refractivity contribution in [3.63, 3.8) is 0 Å². The van der Waals surface area contributed by atoms with Crippen LogP contribution in [0.5, 0.6) is 5.75 Å². The van der Waals surface area contributed by atoms with E-state index in [1.165, 1.54) is 12.1 Å². The first kappa shape index (κ1) is 25.5. The lowest BCUT2D eigenvalue weighted by molar-refractivity contribution is 0.0288. The fourth-order valence-corrected chi connectivity index (χ4v) is 4.42. The van der Waals surface area contributed by atoms with Crippen molar-refractivity contribution in [1.82, 2.24) is 9.80 Å². The summed E-state index contributed by atoms with van der Waals surface area (Å²) in [5.74, 6) is 2.00. The van der Waals surface area contributed by atoms with Crippen molar-refractivity contribution in [2.75, 3.05) is 18.6 Å². The van der Waals surface area contributed by atoms with Gasteiger partial charge in [-0.25, -0.2) is 9.18 Å². The number of ether oxygens (including phenoxy) is 1. The van der Waals surface area contributed by atoms with Gasteiger partial charge in [0.05, 0.1) is 11.7 Å². The largest absolute Gasteiger partial charge is 0.476 e. The molecule has 186 valence electrons. The third-order valence-electron chi connectivity index (χ3n) is 6.27. The van der Waals surface area contributed by atoms with Crippen LogP contribution in [0.25, 0.3) is 0 Å². The van der Waals surface area contributed by atoms with Crippen LogP contribution in [0.1, 0.15) is 29.8 Å². The summed E-state index contributed by atoms with van der Waals surface area (Å²) in [7, 11) is 0. The Hall–Kier alpha value is -3.64. The van der Waals surface area contributed by atoms with Crippen LogP contribution in [-0.2, 0) is 11.3 Å². The number of halogens is 2. The van der Waals surface area contributed by atoms with E-state index in [1.807, 2.05) is 29.7 Å². The molecule has 0 unspecified atom stereocenters. The Morgan fingerprint density at radius 2 is 1.83 bits per heavy atom. The first-order valence-electron chi connectivity index (χ1n) is 11.6. The molecule has 0 aromatic heterocycles. The SMILES string of the molecule is C[C@@H]1CN(COc2ccc(Cl)cc2NC(=O)c2ccccc2)[C@@H](C)C(=C=O)N1Cc1ccc(F)cc1.